The maximum Gasteiger partial charge on any atom is 0.306 e. The van der Waals surface area contributed by atoms with Gasteiger partial charge in [0, 0.05) is 12.8 Å². The lowest BCUT2D eigenvalue weighted by atomic mass is 9.84. The van der Waals surface area contributed by atoms with Crippen LogP contribution in [0.1, 0.15) is 214 Å². The number of hydrogen-bond donors (Lipinski definition) is 9. The molecule has 0 amide bonds. The first-order valence-electron chi connectivity index (χ1n) is 28.6. The van der Waals surface area contributed by atoms with Crippen molar-refractivity contribution in [3.8, 4) is 0 Å². The summed E-state index contributed by atoms with van der Waals surface area (Å²) in [6, 6.07) is -1.53. The van der Waals surface area contributed by atoms with Crippen LogP contribution in [0.15, 0.2) is 0 Å². The minimum absolute atomic E-state index is 0.0341. The zero-order valence-electron chi connectivity index (χ0n) is 45.7. The van der Waals surface area contributed by atoms with Crippen LogP contribution in [0.2, 0.25) is 0 Å². The highest BCUT2D eigenvalue weighted by Crippen LogP contribution is 2.44. The normalized spacial score (nSPS) is 26.5. The van der Waals surface area contributed by atoms with Crippen molar-refractivity contribution < 1.29 is 87.7 Å². The van der Waals surface area contributed by atoms with Crippen molar-refractivity contribution in [3.05, 3.63) is 0 Å². The predicted molar refractivity (Wildman–Crippen MR) is 277 cm³/mol. The Labute approximate surface area is 439 Å². The molecule has 0 radical (unpaired) electrons. The first-order valence-corrected chi connectivity index (χ1v) is 30.1. The Morgan fingerprint density at radius 3 is 1.36 bits per heavy atom. The third kappa shape index (κ3) is 30.4. The highest BCUT2D eigenvalue weighted by atomic mass is 31.2. The quantitative estimate of drug-likeness (QED) is 0.0225. The third-order valence-corrected chi connectivity index (χ3v) is 15.1. The van der Waals surface area contributed by atoms with E-state index in [2.05, 4.69) is 34.6 Å². The van der Waals surface area contributed by atoms with Crippen molar-refractivity contribution >= 4 is 19.8 Å². The Bertz CT molecular complexity index is 1400. The molecule has 2 rings (SSSR count). The van der Waals surface area contributed by atoms with E-state index < -0.39 is 113 Å². The van der Waals surface area contributed by atoms with Gasteiger partial charge in [0.1, 0.15) is 61.5 Å². The number of ether oxygens (including phenoxy) is 4. The van der Waals surface area contributed by atoms with Crippen molar-refractivity contribution in [2.75, 3.05) is 39.5 Å². The maximum absolute atomic E-state index is 13.3. The van der Waals surface area contributed by atoms with Gasteiger partial charge in [0.25, 0.3) is 7.82 Å². The smallest absolute Gasteiger partial charge is 0.306 e. The van der Waals surface area contributed by atoms with Gasteiger partial charge in [-0.05, 0) is 33.6 Å². The molecule has 19 nitrogen and oxygen atoms in total. The van der Waals surface area contributed by atoms with Crippen LogP contribution in [-0.4, -0.2) is 161 Å². The molecule has 0 spiro atoms. The molecule has 73 heavy (non-hydrogen) atoms. The number of phosphoric ester groups is 1. The lowest BCUT2D eigenvalue weighted by Crippen LogP contribution is -3.11. The van der Waals surface area contributed by atoms with E-state index in [4.69, 9.17) is 33.7 Å². The molecule has 1 saturated carbocycles. The number of nitrogens with one attached hydrogen (secondary N) is 1. The standard InChI is InChI=1S/C47H90NO17P.C6H15N/c1-3-5-7-9-11-13-15-17-19-21-23-25-27-29-36(50)60-32-34(62-37(51)30-28-26-24-22-20-18-16-14-12-10-8-6-4-2)33-61-66(58,59)65-46-44(57)42(55)41(54)43(56)45(46)64-47-38(48)40(53)39(52)35(31-49)63-47;1-4-7(5-2)6-3/h34-35,38-47,49,52-57H,3-33,48H2,1-2H3,(H,58,59);4-6H2,1-3H3/t34-,35-,38-,39-,40-,41-,42-,43+,44-,45-,46-,47+;/m1./s1. The first kappa shape index (κ1) is 69.6. The number of carbonyl (C=O) groups excluding carboxylic acids is 2. The van der Waals surface area contributed by atoms with Gasteiger partial charge in [0.15, 0.2) is 12.4 Å². The molecule has 1 saturated heterocycles. The molecular formula is C53H105N2O17P. The van der Waals surface area contributed by atoms with E-state index in [1.807, 2.05) is 0 Å². The minimum Gasteiger partial charge on any atom is -0.756 e. The van der Waals surface area contributed by atoms with Crippen LogP contribution >= 0.6 is 7.82 Å². The van der Waals surface area contributed by atoms with Crippen LogP contribution in [0.5, 0.6) is 0 Å². The molecule has 0 aromatic rings. The third-order valence-electron chi connectivity index (χ3n) is 14.1. The van der Waals surface area contributed by atoms with Gasteiger partial charge in [-0.3, -0.25) is 14.2 Å². The van der Waals surface area contributed by atoms with E-state index >= 15 is 0 Å². The highest BCUT2D eigenvalue weighted by molar-refractivity contribution is 7.45. The van der Waals surface area contributed by atoms with Gasteiger partial charge in [-0.2, -0.15) is 0 Å². The number of nitrogens with two attached hydrogens (primary N) is 1. The van der Waals surface area contributed by atoms with Crippen LogP contribution in [0, 0.1) is 0 Å². The molecule has 1 aliphatic heterocycles. The summed E-state index contributed by atoms with van der Waals surface area (Å²) in [6.45, 7) is 12.7. The minimum atomic E-state index is -5.58. The molecule has 2 fully saturated rings. The largest absolute Gasteiger partial charge is 0.756 e. The molecule has 0 aromatic heterocycles. The molecule has 10 N–H and O–H groups in total. The Balaban J connectivity index is 0.00000353. The number of aliphatic hydroxyl groups excluding tert-OH is 7. The van der Waals surface area contributed by atoms with Crippen molar-refractivity contribution in [1.29, 1.82) is 0 Å². The van der Waals surface area contributed by atoms with Gasteiger partial charge in [0.2, 0.25) is 0 Å². The van der Waals surface area contributed by atoms with Crippen molar-refractivity contribution in [1.82, 2.24) is 0 Å². The van der Waals surface area contributed by atoms with Crippen LogP contribution in [0.4, 0.5) is 0 Å². The average molecular weight is 1070 g/mol. The van der Waals surface area contributed by atoms with Crippen LogP contribution in [-0.2, 0) is 42.1 Å². The van der Waals surface area contributed by atoms with Gasteiger partial charge < -0.3 is 79.3 Å². The van der Waals surface area contributed by atoms with E-state index in [0.29, 0.717) is 12.8 Å². The van der Waals surface area contributed by atoms with Crippen LogP contribution in [0.25, 0.3) is 0 Å². The fraction of sp³-hybridized carbons (Fsp3) is 0.962. The molecule has 1 heterocycles. The maximum atomic E-state index is 13.3. The van der Waals surface area contributed by atoms with Crippen LogP contribution < -0.4 is 15.5 Å². The number of carbonyl (C=O) groups is 2. The molecular weight excluding hydrogens is 968 g/mol. The van der Waals surface area contributed by atoms with Gasteiger partial charge in [-0.15, -0.1) is 0 Å². The Morgan fingerprint density at radius 2 is 0.959 bits per heavy atom. The molecule has 434 valence electrons. The fourth-order valence-corrected chi connectivity index (χ4v) is 10.1. The number of unbranched alkanes of at least 4 members (excludes halogenated alkanes) is 24. The Hall–Kier alpha value is -1.39. The Kier molecular flexibility index (Phi) is 40.6. The summed E-state index contributed by atoms with van der Waals surface area (Å²) >= 11 is 0. The van der Waals surface area contributed by atoms with Crippen molar-refractivity contribution in [2.45, 2.75) is 288 Å². The monoisotopic (exact) mass is 1070 g/mol. The van der Waals surface area contributed by atoms with E-state index in [-0.39, 0.29) is 12.8 Å². The second-order valence-electron chi connectivity index (χ2n) is 20.3. The highest BCUT2D eigenvalue weighted by Gasteiger charge is 2.54. The molecule has 0 bridgehead atoms. The number of phosphoric acid groups is 1. The average Bonchev–Trinajstić information content (AvgIpc) is 3.37. The Morgan fingerprint density at radius 1 is 0.562 bits per heavy atom. The molecule has 13 atom stereocenters. The van der Waals surface area contributed by atoms with Crippen molar-refractivity contribution in [2.24, 2.45) is 5.73 Å². The summed E-state index contributed by atoms with van der Waals surface area (Å²) in [5, 5.41) is 72.6. The van der Waals surface area contributed by atoms with Gasteiger partial charge >= 0.3 is 11.9 Å². The number of esters is 2. The topological polar surface area (TPSA) is 302 Å². The van der Waals surface area contributed by atoms with Crippen LogP contribution in [0.3, 0.4) is 0 Å². The summed E-state index contributed by atoms with van der Waals surface area (Å²) in [6.07, 6.45) is 8.83. The summed E-state index contributed by atoms with van der Waals surface area (Å²) in [7, 11) is -5.58. The van der Waals surface area contributed by atoms with E-state index in [1.54, 1.807) is 4.90 Å². The van der Waals surface area contributed by atoms with Gasteiger partial charge in [-0.1, -0.05) is 168 Å². The fourth-order valence-electron chi connectivity index (χ4n) is 9.14. The SMILES string of the molecule is CCCCCCCCCCCCCCCC(=O)OC[C@H](COP(=O)([O-])O[C@@H]1[C@H](O)[C@H](O)[C@@H](O)[C@H](O)[C@H]1O[C@@H]1O[C@H](CO)[C@@H](O)[C@H](O)[C@H]1N)OC(=O)CCCCCCCCCCCCCCC.CC[NH+](CC)CC. The molecule has 20 heteroatoms. The molecule has 2 aliphatic rings. The summed E-state index contributed by atoms with van der Waals surface area (Å²) in [5.41, 5.74) is 5.94. The van der Waals surface area contributed by atoms with Crippen molar-refractivity contribution in [3.63, 3.8) is 0 Å². The van der Waals surface area contributed by atoms with Gasteiger partial charge in [0.05, 0.1) is 38.9 Å². The zero-order chi connectivity index (χ0) is 54.4. The lowest BCUT2D eigenvalue weighted by Gasteiger charge is -2.48. The second kappa shape index (κ2) is 42.6. The van der Waals surface area contributed by atoms with E-state index in [1.165, 1.54) is 122 Å². The first-order chi connectivity index (χ1) is 35.0. The summed E-state index contributed by atoms with van der Waals surface area (Å²) < 4.78 is 45.4. The summed E-state index contributed by atoms with van der Waals surface area (Å²) in [4.78, 5) is 40.6. The van der Waals surface area contributed by atoms with Gasteiger partial charge in [-0.25, -0.2) is 0 Å². The number of quaternary nitrogens is 1. The lowest BCUT2D eigenvalue weighted by molar-refractivity contribution is -0.894. The zero-order valence-corrected chi connectivity index (χ0v) is 46.6. The number of aliphatic hydroxyl groups is 7. The summed E-state index contributed by atoms with van der Waals surface area (Å²) in [5.74, 6) is -1.22. The number of rotatable bonds is 42. The predicted octanol–water partition coefficient (Wildman–Crippen LogP) is 4.81. The van der Waals surface area contributed by atoms with E-state index in [0.717, 1.165) is 51.4 Å². The molecule has 1 unspecified atom stereocenters. The number of hydrogen-bond acceptors (Lipinski definition) is 18. The molecule has 1 aliphatic carbocycles. The molecule has 0 aromatic carbocycles. The van der Waals surface area contributed by atoms with E-state index in [9.17, 15) is 54.8 Å². The second-order valence-corrected chi connectivity index (χ2v) is 21.6.